The van der Waals surface area contributed by atoms with Crippen LogP contribution in [0.4, 0.5) is 0 Å². The molecule has 180 valence electrons. The van der Waals surface area contributed by atoms with Crippen LogP contribution in [0, 0.1) is 0 Å². The van der Waals surface area contributed by atoms with Crippen molar-refractivity contribution >= 4 is 0 Å². The van der Waals surface area contributed by atoms with Gasteiger partial charge in [-0.2, -0.15) is 0 Å². The molecular formula is C32H30N2O2. The standard InChI is InChI=1S/C32H30N2O2/c35-30(25-36-24-26-13-5-1-6-14-26)23-31-33-21-22-34(31)32(27-15-7-2-8-16-27,28-17-9-3-10-18-28)29-19-11-4-12-20-29/h1-22,30,35H,23-25H2. The number of hydrogen-bond acceptors (Lipinski definition) is 3. The summed E-state index contributed by atoms with van der Waals surface area (Å²) in [7, 11) is 0. The average Bonchev–Trinajstić information content (AvgIpc) is 3.40. The van der Waals surface area contributed by atoms with Crippen molar-refractivity contribution in [2.24, 2.45) is 0 Å². The van der Waals surface area contributed by atoms with Gasteiger partial charge in [-0.3, -0.25) is 0 Å². The first-order chi connectivity index (χ1) is 17.8. The quantitative estimate of drug-likeness (QED) is 0.259. The van der Waals surface area contributed by atoms with Crippen LogP contribution < -0.4 is 0 Å². The Hall–Kier alpha value is -3.99. The maximum absolute atomic E-state index is 10.9. The minimum atomic E-state index is -0.685. The van der Waals surface area contributed by atoms with Gasteiger partial charge < -0.3 is 14.4 Å². The smallest absolute Gasteiger partial charge is 0.121 e. The lowest BCUT2D eigenvalue weighted by atomic mass is 9.76. The fourth-order valence-electron chi connectivity index (χ4n) is 4.90. The number of aliphatic hydroxyl groups excluding tert-OH is 1. The van der Waals surface area contributed by atoms with Gasteiger partial charge in [0.1, 0.15) is 11.4 Å². The highest BCUT2D eigenvalue weighted by molar-refractivity contribution is 5.51. The van der Waals surface area contributed by atoms with Crippen molar-refractivity contribution < 1.29 is 9.84 Å². The van der Waals surface area contributed by atoms with E-state index in [1.807, 2.05) is 60.9 Å². The molecule has 36 heavy (non-hydrogen) atoms. The summed E-state index contributed by atoms with van der Waals surface area (Å²) in [6.45, 7) is 0.699. The lowest BCUT2D eigenvalue weighted by Crippen LogP contribution is -2.39. The summed E-state index contributed by atoms with van der Waals surface area (Å²) in [6, 6.07) is 41.5. The second-order valence-electron chi connectivity index (χ2n) is 8.88. The zero-order valence-electron chi connectivity index (χ0n) is 20.2. The number of aliphatic hydroxyl groups is 1. The molecule has 5 rings (SSSR count). The molecule has 4 heteroatoms. The van der Waals surface area contributed by atoms with Gasteiger partial charge in [0.05, 0.1) is 19.3 Å². The van der Waals surface area contributed by atoms with Gasteiger partial charge in [-0.25, -0.2) is 4.98 Å². The van der Waals surface area contributed by atoms with Gasteiger partial charge in [0.25, 0.3) is 0 Å². The molecule has 5 aromatic rings. The molecule has 4 aromatic carbocycles. The van der Waals surface area contributed by atoms with Crippen LogP contribution in [-0.2, 0) is 23.3 Å². The molecule has 0 radical (unpaired) electrons. The van der Waals surface area contributed by atoms with E-state index in [4.69, 9.17) is 9.72 Å². The Morgan fingerprint density at radius 1 is 0.694 bits per heavy atom. The van der Waals surface area contributed by atoms with Gasteiger partial charge in [-0.15, -0.1) is 0 Å². The molecule has 1 heterocycles. The van der Waals surface area contributed by atoms with E-state index in [9.17, 15) is 5.11 Å². The zero-order valence-corrected chi connectivity index (χ0v) is 20.2. The predicted octanol–water partition coefficient (Wildman–Crippen LogP) is 5.84. The highest BCUT2D eigenvalue weighted by atomic mass is 16.5. The van der Waals surface area contributed by atoms with Crippen LogP contribution >= 0.6 is 0 Å². The second-order valence-corrected chi connectivity index (χ2v) is 8.88. The van der Waals surface area contributed by atoms with Crippen molar-refractivity contribution in [3.63, 3.8) is 0 Å². The molecule has 1 unspecified atom stereocenters. The number of benzene rings is 4. The average molecular weight is 475 g/mol. The Kier molecular flexibility index (Phi) is 7.36. The summed E-state index contributed by atoms with van der Waals surface area (Å²) in [6.07, 6.45) is 3.52. The topological polar surface area (TPSA) is 47.3 Å². The molecule has 1 aromatic heterocycles. The molecule has 4 nitrogen and oxygen atoms in total. The lowest BCUT2D eigenvalue weighted by molar-refractivity contribution is 0.0274. The third-order valence-corrected chi connectivity index (χ3v) is 6.49. The zero-order chi connectivity index (χ0) is 24.6. The van der Waals surface area contributed by atoms with E-state index in [0.717, 1.165) is 28.1 Å². The summed E-state index contributed by atoms with van der Waals surface area (Å²) < 4.78 is 8.02. The van der Waals surface area contributed by atoms with Crippen LogP contribution in [0.5, 0.6) is 0 Å². The molecule has 1 N–H and O–H groups in total. The Morgan fingerprint density at radius 2 is 1.17 bits per heavy atom. The Labute approximate surface area is 212 Å². The summed E-state index contributed by atoms with van der Waals surface area (Å²) >= 11 is 0. The van der Waals surface area contributed by atoms with Crippen LogP contribution in [0.3, 0.4) is 0 Å². The minimum Gasteiger partial charge on any atom is -0.390 e. The molecule has 0 aliphatic rings. The van der Waals surface area contributed by atoms with Crippen molar-refractivity contribution in [1.82, 2.24) is 9.55 Å². The Bertz CT molecular complexity index is 1240. The normalized spacial score (nSPS) is 12.4. The van der Waals surface area contributed by atoms with E-state index in [1.165, 1.54) is 0 Å². The third-order valence-electron chi connectivity index (χ3n) is 6.49. The first-order valence-corrected chi connectivity index (χ1v) is 12.3. The van der Waals surface area contributed by atoms with Crippen molar-refractivity contribution in [2.45, 2.75) is 24.7 Å². The summed E-state index contributed by atoms with van der Waals surface area (Å²) in [5.41, 5.74) is 3.80. The van der Waals surface area contributed by atoms with E-state index in [0.29, 0.717) is 13.0 Å². The Balaban J connectivity index is 1.53. The molecule has 0 saturated carbocycles. The van der Waals surface area contributed by atoms with Gasteiger partial charge in [0.15, 0.2) is 0 Å². The number of nitrogens with zero attached hydrogens (tertiary/aromatic N) is 2. The van der Waals surface area contributed by atoms with E-state index in [1.54, 1.807) is 0 Å². The summed E-state index contributed by atoms with van der Waals surface area (Å²) in [5, 5.41) is 10.9. The van der Waals surface area contributed by atoms with Gasteiger partial charge in [-0.05, 0) is 22.3 Å². The van der Waals surface area contributed by atoms with Crippen LogP contribution in [0.15, 0.2) is 134 Å². The van der Waals surface area contributed by atoms with Crippen molar-refractivity contribution in [1.29, 1.82) is 0 Å². The molecule has 0 bridgehead atoms. The van der Waals surface area contributed by atoms with Crippen LogP contribution in [0.1, 0.15) is 28.1 Å². The number of imidazole rings is 1. The maximum atomic E-state index is 10.9. The highest BCUT2D eigenvalue weighted by Crippen LogP contribution is 2.41. The van der Waals surface area contributed by atoms with Gasteiger partial charge in [-0.1, -0.05) is 121 Å². The first-order valence-electron chi connectivity index (χ1n) is 12.3. The molecular weight excluding hydrogens is 444 g/mol. The van der Waals surface area contributed by atoms with Crippen LogP contribution in [0.25, 0.3) is 0 Å². The molecule has 0 amide bonds. The minimum absolute atomic E-state index is 0.233. The molecule has 0 saturated heterocycles. The van der Waals surface area contributed by atoms with E-state index in [-0.39, 0.29) is 6.61 Å². The van der Waals surface area contributed by atoms with Crippen LogP contribution in [-0.4, -0.2) is 27.4 Å². The second kappa shape index (κ2) is 11.2. The van der Waals surface area contributed by atoms with E-state index >= 15 is 0 Å². The maximum Gasteiger partial charge on any atom is 0.121 e. The van der Waals surface area contributed by atoms with Crippen molar-refractivity contribution in [2.75, 3.05) is 6.61 Å². The Morgan fingerprint density at radius 3 is 1.67 bits per heavy atom. The van der Waals surface area contributed by atoms with Crippen molar-refractivity contribution in [3.05, 3.63) is 162 Å². The number of rotatable bonds is 10. The van der Waals surface area contributed by atoms with Crippen LogP contribution in [0.2, 0.25) is 0 Å². The predicted molar refractivity (Wildman–Crippen MR) is 143 cm³/mol. The largest absolute Gasteiger partial charge is 0.390 e. The van der Waals surface area contributed by atoms with E-state index in [2.05, 4.69) is 77.4 Å². The SMILES string of the molecule is OC(COCc1ccccc1)Cc1nccn1C(c1ccccc1)(c1ccccc1)c1ccccc1. The third kappa shape index (κ3) is 4.87. The first kappa shape index (κ1) is 23.7. The summed E-state index contributed by atoms with van der Waals surface area (Å²) in [4.78, 5) is 4.71. The number of hydrogen-bond donors (Lipinski definition) is 1. The fraction of sp³-hybridized carbons (Fsp3) is 0.156. The molecule has 0 aliphatic carbocycles. The van der Waals surface area contributed by atoms with Crippen molar-refractivity contribution in [3.8, 4) is 0 Å². The number of ether oxygens (including phenoxy) is 1. The molecule has 0 spiro atoms. The summed E-state index contributed by atoms with van der Waals surface area (Å²) in [5.74, 6) is 0.794. The lowest BCUT2D eigenvalue weighted by Gasteiger charge is -2.38. The molecule has 0 aliphatic heterocycles. The molecule has 1 atom stereocenters. The fourth-order valence-corrected chi connectivity index (χ4v) is 4.90. The van der Waals surface area contributed by atoms with Gasteiger partial charge >= 0.3 is 0 Å². The van der Waals surface area contributed by atoms with Gasteiger partial charge in [0.2, 0.25) is 0 Å². The monoisotopic (exact) mass is 474 g/mol. The molecule has 0 fully saturated rings. The van der Waals surface area contributed by atoms with E-state index < -0.39 is 11.6 Å². The number of aromatic nitrogens is 2. The van der Waals surface area contributed by atoms with Gasteiger partial charge in [0, 0.05) is 18.8 Å². The highest BCUT2D eigenvalue weighted by Gasteiger charge is 2.39.